The number of hydrogen-bond acceptors (Lipinski definition) is 15. The molecule has 2 aromatic carbocycles. The summed E-state index contributed by atoms with van der Waals surface area (Å²) in [7, 11) is 11.3. The highest BCUT2D eigenvalue weighted by molar-refractivity contribution is 6.01. The van der Waals surface area contributed by atoms with Crippen LogP contribution in [0.15, 0.2) is 54.6 Å². The standard InChI is InChI=1S/C75H111F3N12O15/c1-15-47(4)40-60(92)83(9)46-62(94)86(12)55-30-23-24-39-89(70(55)101)58(41-48-31-33-51(34-32-48)75(76,77)78)69(100)84(10)45-59(91)80-53(35-36-63(95)105-73(5,6)50-28-19-18-20-29-50)67(98)90-44-52(104-17-3)42-56(90)66(97)81-74(37-25-38-74)72(103)88(14)64(49-26-21-22-27-49)71(102)87(13)57(68(99)82(7)8)43-61(93)85(11)54(16-2)65(79)96/h18-20,28-29,31-34,47,49,52-58,64H,15-17,21-27,30,35-46H2,1-14H3,(H2,79,96)(H,80,91)(H,81,97)/t47-,52+,53-,54-,55-,56-,57-,58-,64-/m0/s1. The Morgan fingerprint density at radius 2 is 1.32 bits per heavy atom. The van der Waals surface area contributed by atoms with Crippen LogP contribution in [0.2, 0.25) is 0 Å². The Balaban J connectivity index is 1.30. The number of benzene rings is 2. The molecule has 2 saturated carbocycles. The SMILES string of the molecule is CCO[C@@H]1C[C@@H](C(=O)NC2(C(=O)N(C)[C@H](C(=O)N(C)[C@@H](CC(=O)N(C)[C@@H](CC)C(N)=O)C(=O)N(C)C)C3CCCC3)CCC2)N(C(=O)[C@H](CCC(=O)OC(C)(C)c2ccccc2)NC(=O)CN(C)C(=O)[C@H](Cc2ccc(C(F)(F)F)cc2)N2CCCC[C@H](N(C)C(=O)CN(C)C(=O)C[C@@H](C)CC)C2=O)C1. The lowest BCUT2D eigenvalue weighted by atomic mass is 9.74. The van der Waals surface area contributed by atoms with Gasteiger partial charge in [0.2, 0.25) is 70.9 Å². The number of esters is 1. The first kappa shape index (κ1) is 85.2. The molecule has 30 heteroatoms. The maximum Gasteiger partial charge on any atom is 0.416 e. The minimum atomic E-state index is -4.70. The van der Waals surface area contributed by atoms with Crippen LogP contribution in [0.25, 0.3) is 0 Å². The lowest BCUT2D eigenvalue weighted by molar-refractivity contribution is -0.158. The van der Waals surface area contributed by atoms with Gasteiger partial charge in [-0.15, -0.1) is 0 Å². The van der Waals surface area contributed by atoms with Gasteiger partial charge in [0.25, 0.3) is 0 Å². The third-order valence-electron chi connectivity index (χ3n) is 21.4. The van der Waals surface area contributed by atoms with E-state index in [0.717, 1.165) is 46.1 Å². The molecule has 2 aromatic rings. The van der Waals surface area contributed by atoms with Crippen LogP contribution in [-0.2, 0) is 90.0 Å². The van der Waals surface area contributed by atoms with Crippen LogP contribution in [0.5, 0.6) is 0 Å². The van der Waals surface area contributed by atoms with E-state index in [2.05, 4.69) is 10.6 Å². The van der Waals surface area contributed by atoms with Crippen LogP contribution in [0.4, 0.5) is 13.2 Å². The van der Waals surface area contributed by atoms with E-state index in [4.69, 9.17) is 15.2 Å². The summed E-state index contributed by atoms with van der Waals surface area (Å²) < 4.78 is 53.6. The fourth-order valence-corrected chi connectivity index (χ4v) is 14.5. The Hall–Kier alpha value is -8.70. The molecule has 2 aliphatic heterocycles. The van der Waals surface area contributed by atoms with E-state index in [1.165, 1.54) is 97.9 Å². The molecule has 2 saturated heterocycles. The van der Waals surface area contributed by atoms with E-state index in [-0.39, 0.29) is 88.6 Å². The number of rotatable bonds is 34. The normalized spacial score (nSPS) is 19.2. The smallest absolute Gasteiger partial charge is 0.416 e. The van der Waals surface area contributed by atoms with Crippen LogP contribution in [0.3, 0.4) is 0 Å². The quantitative estimate of drug-likeness (QED) is 0.0804. The lowest BCUT2D eigenvalue weighted by Crippen LogP contribution is -2.68. The van der Waals surface area contributed by atoms with Crippen molar-refractivity contribution in [2.45, 2.75) is 223 Å². The first-order valence-corrected chi connectivity index (χ1v) is 36.6. The summed E-state index contributed by atoms with van der Waals surface area (Å²) >= 11 is 0. The van der Waals surface area contributed by atoms with Gasteiger partial charge in [-0.3, -0.25) is 62.3 Å². The number of nitrogens with one attached hydrogen (secondary N) is 2. The van der Waals surface area contributed by atoms with Gasteiger partial charge in [-0.05, 0) is 120 Å². The number of halogens is 3. The van der Waals surface area contributed by atoms with Crippen molar-refractivity contribution in [3.05, 3.63) is 71.3 Å². The maximum absolute atomic E-state index is 15.5. The zero-order valence-electron chi connectivity index (χ0n) is 63.6. The highest BCUT2D eigenvalue weighted by atomic mass is 19.4. The van der Waals surface area contributed by atoms with E-state index in [1.807, 2.05) is 13.8 Å². The summed E-state index contributed by atoms with van der Waals surface area (Å²) in [6.07, 6.45) is -1.97. The Kier molecular flexibility index (Phi) is 30.5. The molecule has 27 nitrogen and oxygen atoms in total. The molecular formula is C75H111F3N12O15. The van der Waals surface area contributed by atoms with Crippen LogP contribution >= 0.6 is 0 Å². The van der Waals surface area contributed by atoms with Gasteiger partial charge in [0.05, 0.1) is 31.2 Å². The molecule has 2 heterocycles. The van der Waals surface area contributed by atoms with Gasteiger partial charge in [-0.2, -0.15) is 13.2 Å². The Bertz CT molecular complexity index is 3420. The largest absolute Gasteiger partial charge is 0.455 e. The van der Waals surface area contributed by atoms with E-state index < -0.39 is 174 Å². The van der Waals surface area contributed by atoms with Gasteiger partial charge in [-0.25, -0.2) is 0 Å². The summed E-state index contributed by atoms with van der Waals surface area (Å²) in [5, 5.41) is 5.68. The zero-order valence-corrected chi connectivity index (χ0v) is 63.6. The summed E-state index contributed by atoms with van der Waals surface area (Å²) in [4.78, 5) is 198. The van der Waals surface area contributed by atoms with Crippen molar-refractivity contribution in [1.82, 2.24) is 54.7 Å². The summed E-state index contributed by atoms with van der Waals surface area (Å²) in [5.74, 6) is -9.22. The second-order valence-corrected chi connectivity index (χ2v) is 29.5. The van der Waals surface area contributed by atoms with Crippen molar-refractivity contribution < 1.29 is 85.0 Å². The molecule has 4 N–H and O–H groups in total. The number of nitrogens with two attached hydrogens (primary N) is 1. The van der Waals surface area contributed by atoms with E-state index in [1.54, 1.807) is 58.0 Å². The van der Waals surface area contributed by atoms with Crippen LogP contribution in [0, 0.1) is 11.8 Å². The van der Waals surface area contributed by atoms with Gasteiger partial charge in [0.1, 0.15) is 53.4 Å². The fraction of sp³-hybridized carbons (Fsp3) is 0.667. The summed E-state index contributed by atoms with van der Waals surface area (Å²) in [6.45, 7) is 9.37. The van der Waals surface area contributed by atoms with Crippen molar-refractivity contribution in [3.63, 3.8) is 0 Å². The van der Waals surface area contributed by atoms with Gasteiger partial charge in [0, 0.05) is 102 Å². The first-order chi connectivity index (χ1) is 49.3. The van der Waals surface area contributed by atoms with Crippen LogP contribution in [0.1, 0.15) is 167 Å². The predicted molar refractivity (Wildman–Crippen MR) is 382 cm³/mol. The Morgan fingerprint density at radius 3 is 1.89 bits per heavy atom. The van der Waals surface area contributed by atoms with E-state index in [9.17, 15) is 51.5 Å². The summed E-state index contributed by atoms with van der Waals surface area (Å²) in [6, 6.07) is 3.79. The number of amides is 12. The van der Waals surface area contributed by atoms with Gasteiger partial charge < -0.3 is 69.9 Å². The molecule has 6 rings (SSSR count). The Morgan fingerprint density at radius 1 is 0.695 bits per heavy atom. The molecule has 0 unspecified atom stereocenters. The highest BCUT2D eigenvalue weighted by Gasteiger charge is 2.54. The van der Waals surface area contributed by atoms with Crippen molar-refractivity contribution in [2.75, 3.05) is 89.2 Å². The first-order valence-electron chi connectivity index (χ1n) is 36.6. The van der Waals surface area contributed by atoms with Crippen molar-refractivity contribution in [1.29, 1.82) is 0 Å². The third kappa shape index (κ3) is 21.7. The van der Waals surface area contributed by atoms with E-state index in [0.29, 0.717) is 37.7 Å². The monoisotopic (exact) mass is 1480 g/mol. The predicted octanol–water partition coefficient (Wildman–Crippen LogP) is 4.64. The average Bonchev–Trinajstić information content (AvgIpc) is 1.11. The van der Waals surface area contributed by atoms with Gasteiger partial charge in [-0.1, -0.05) is 82.5 Å². The average molecular weight is 1480 g/mol. The molecule has 4 aliphatic rings. The third-order valence-corrected chi connectivity index (χ3v) is 21.4. The van der Waals surface area contributed by atoms with Gasteiger partial charge >= 0.3 is 12.1 Å². The number of likely N-dealkylation sites (tertiary alicyclic amines) is 2. The van der Waals surface area contributed by atoms with Crippen LogP contribution < -0.4 is 16.4 Å². The minimum absolute atomic E-state index is 0.0292. The Labute approximate surface area is 615 Å². The van der Waals surface area contributed by atoms with Crippen molar-refractivity contribution >= 4 is 76.9 Å². The molecule has 0 aromatic heterocycles. The van der Waals surface area contributed by atoms with Gasteiger partial charge in [0.15, 0.2) is 0 Å². The lowest BCUT2D eigenvalue weighted by Gasteiger charge is -2.46. The van der Waals surface area contributed by atoms with Crippen LogP contribution in [-0.4, -0.2) is 264 Å². The second-order valence-electron chi connectivity index (χ2n) is 29.5. The molecule has 0 radical (unpaired) electrons. The number of likely N-dealkylation sites (N-methyl/N-ethyl adjacent to an activating group) is 7. The number of nitrogens with zero attached hydrogens (tertiary/aromatic N) is 9. The minimum Gasteiger partial charge on any atom is -0.455 e. The molecule has 582 valence electrons. The topological polar surface area (TPSA) is 320 Å². The number of alkyl halides is 3. The number of carbonyl (C=O) groups excluding carboxylic acids is 13. The van der Waals surface area contributed by atoms with Crippen molar-refractivity contribution in [3.8, 4) is 0 Å². The van der Waals surface area contributed by atoms with Crippen molar-refractivity contribution in [2.24, 2.45) is 17.6 Å². The maximum atomic E-state index is 15.5. The number of primary amides is 1. The molecule has 9 atom stereocenters. The molecule has 4 fully saturated rings. The summed E-state index contributed by atoms with van der Waals surface area (Å²) in [5.41, 5.74) is 2.74. The fourth-order valence-electron chi connectivity index (χ4n) is 14.5. The second kappa shape index (κ2) is 37.5. The molecular weight excluding hydrogens is 1370 g/mol. The molecule has 0 spiro atoms. The molecule has 12 amide bonds. The number of carbonyl (C=O) groups is 13. The molecule has 0 bridgehead atoms. The number of ether oxygens (including phenoxy) is 2. The molecule has 105 heavy (non-hydrogen) atoms. The molecule has 2 aliphatic carbocycles. The van der Waals surface area contributed by atoms with E-state index >= 15 is 24.0 Å². The zero-order chi connectivity index (χ0) is 78.2. The highest BCUT2D eigenvalue weighted by Crippen LogP contribution is 2.39. The number of hydrogen-bond donors (Lipinski definition) is 3.